The molecule has 1 heterocycles. The van der Waals surface area contributed by atoms with E-state index in [0.29, 0.717) is 15.7 Å². The molecule has 1 fully saturated rings. The molecule has 168 valence electrons. The number of hydrogen-bond donors (Lipinski definition) is 1. The van der Waals surface area contributed by atoms with Crippen LogP contribution in [0.2, 0.25) is 0 Å². The van der Waals surface area contributed by atoms with E-state index in [2.05, 4.69) is 26.3 Å². The van der Waals surface area contributed by atoms with Crippen LogP contribution in [-0.2, 0) is 6.54 Å². The molecule has 1 amide bonds. The van der Waals surface area contributed by atoms with Crippen molar-refractivity contribution >= 4 is 21.8 Å². The normalized spacial score (nSPS) is 13.8. The summed E-state index contributed by atoms with van der Waals surface area (Å²) in [5.74, 6) is -0.819. The van der Waals surface area contributed by atoms with Gasteiger partial charge in [-0.3, -0.25) is 4.79 Å². The molecule has 1 aliphatic rings. The summed E-state index contributed by atoms with van der Waals surface area (Å²) in [4.78, 5) is 12.9. The van der Waals surface area contributed by atoms with Crippen LogP contribution in [0, 0.1) is 5.82 Å². The lowest BCUT2D eigenvalue weighted by Gasteiger charge is -2.13. The van der Waals surface area contributed by atoms with Crippen molar-refractivity contribution in [2.24, 2.45) is 0 Å². The van der Waals surface area contributed by atoms with Gasteiger partial charge in [0.2, 0.25) is 0 Å². The first-order valence-corrected chi connectivity index (χ1v) is 10.6. The molecule has 0 radical (unpaired) electrons. The maximum Gasteiger partial charge on any atom is 0.422 e. The van der Waals surface area contributed by atoms with Crippen molar-refractivity contribution in [2.75, 3.05) is 6.61 Å². The molecule has 0 bridgehead atoms. The highest BCUT2D eigenvalue weighted by Crippen LogP contribution is 2.45. The minimum atomic E-state index is -4.47. The number of nitrogens with zero attached hydrogens (tertiary/aromatic N) is 2. The Hall–Kier alpha value is -2.88. The van der Waals surface area contributed by atoms with Crippen molar-refractivity contribution in [3.05, 3.63) is 75.8 Å². The number of carbonyl (C=O) groups is 1. The van der Waals surface area contributed by atoms with E-state index in [-0.39, 0.29) is 29.6 Å². The van der Waals surface area contributed by atoms with Crippen molar-refractivity contribution in [3.63, 3.8) is 0 Å². The number of carbonyl (C=O) groups excluding carboxylic acids is 1. The minimum absolute atomic E-state index is 0.0275. The van der Waals surface area contributed by atoms with Gasteiger partial charge in [-0.2, -0.15) is 18.3 Å². The van der Waals surface area contributed by atoms with E-state index in [1.165, 1.54) is 16.8 Å². The fourth-order valence-electron chi connectivity index (χ4n) is 3.28. The Morgan fingerprint density at radius 2 is 1.84 bits per heavy atom. The van der Waals surface area contributed by atoms with Gasteiger partial charge >= 0.3 is 6.18 Å². The lowest BCUT2D eigenvalue weighted by atomic mass is 10.2. The highest BCUT2D eigenvalue weighted by molar-refractivity contribution is 9.10. The average molecular weight is 512 g/mol. The lowest BCUT2D eigenvalue weighted by molar-refractivity contribution is -0.153. The first kappa shape index (κ1) is 22.3. The third-order valence-electron chi connectivity index (χ3n) is 4.92. The van der Waals surface area contributed by atoms with E-state index in [4.69, 9.17) is 4.74 Å². The molecule has 10 heteroatoms. The largest absolute Gasteiger partial charge is 0.484 e. The summed E-state index contributed by atoms with van der Waals surface area (Å²) in [6, 6.07) is 12.3. The predicted octanol–water partition coefficient (Wildman–Crippen LogP) is 5.52. The van der Waals surface area contributed by atoms with E-state index in [1.807, 2.05) is 0 Å². The van der Waals surface area contributed by atoms with Gasteiger partial charge in [0.1, 0.15) is 17.3 Å². The second-order valence-corrected chi connectivity index (χ2v) is 8.17. The summed E-state index contributed by atoms with van der Waals surface area (Å²) in [7, 11) is 0. The Bertz CT molecular complexity index is 1140. The molecule has 2 aromatic carbocycles. The maximum absolute atomic E-state index is 14.4. The highest BCUT2D eigenvalue weighted by Gasteiger charge is 2.34. The SMILES string of the molecule is O=C(NCc1ccccc1OCC(F)(F)F)c1nn(-c2ccccc2F)c(C2CC2)c1Br. The van der Waals surface area contributed by atoms with Gasteiger partial charge in [0, 0.05) is 18.0 Å². The molecule has 3 aromatic rings. The van der Waals surface area contributed by atoms with Gasteiger partial charge in [-0.25, -0.2) is 9.07 Å². The Morgan fingerprint density at radius 1 is 1.16 bits per heavy atom. The molecule has 0 unspecified atom stereocenters. The van der Waals surface area contributed by atoms with Crippen LogP contribution in [0.3, 0.4) is 0 Å². The van der Waals surface area contributed by atoms with Gasteiger partial charge in [0.25, 0.3) is 5.91 Å². The quantitative estimate of drug-likeness (QED) is 0.424. The van der Waals surface area contributed by atoms with E-state index in [0.717, 1.165) is 12.8 Å². The van der Waals surface area contributed by atoms with Gasteiger partial charge in [-0.1, -0.05) is 30.3 Å². The fraction of sp³-hybridized carbons (Fsp3) is 0.273. The Morgan fingerprint density at radius 3 is 2.53 bits per heavy atom. The standard InChI is InChI=1S/C22H18BrF4N3O2/c23-18-19(29-30(20(18)13-9-10-13)16-7-3-2-6-15(16)24)21(31)28-11-14-5-1-4-8-17(14)32-12-22(25,26)27/h1-8,13H,9-12H2,(H,28,31). The molecule has 4 rings (SSSR count). The minimum Gasteiger partial charge on any atom is -0.484 e. The smallest absolute Gasteiger partial charge is 0.422 e. The summed E-state index contributed by atoms with van der Waals surface area (Å²) in [5.41, 5.74) is 1.41. The van der Waals surface area contributed by atoms with E-state index < -0.39 is 24.5 Å². The molecule has 0 atom stereocenters. The van der Waals surface area contributed by atoms with E-state index in [9.17, 15) is 22.4 Å². The van der Waals surface area contributed by atoms with Gasteiger partial charge in [-0.15, -0.1) is 0 Å². The van der Waals surface area contributed by atoms with Crippen molar-refractivity contribution in [1.29, 1.82) is 0 Å². The number of para-hydroxylation sites is 2. The van der Waals surface area contributed by atoms with Gasteiger partial charge < -0.3 is 10.1 Å². The molecule has 5 nitrogen and oxygen atoms in total. The van der Waals surface area contributed by atoms with Crippen LogP contribution >= 0.6 is 15.9 Å². The van der Waals surface area contributed by atoms with Crippen LogP contribution in [0.5, 0.6) is 5.75 Å². The summed E-state index contributed by atoms with van der Waals surface area (Å²) in [5, 5.41) is 7.00. The molecule has 32 heavy (non-hydrogen) atoms. The number of alkyl halides is 3. The van der Waals surface area contributed by atoms with E-state index >= 15 is 0 Å². The fourth-order valence-corrected chi connectivity index (χ4v) is 4.03. The zero-order valence-electron chi connectivity index (χ0n) is 16.6. The topological polar surface area (TPSA) is 56.1 Å². The van der Waals surface area contributed by atoms with Crippen molar-refractivity contribution in [3.8, 4) is 11.4 Å². The number of ether oxygens (including phenoxy) is 1. The van der Waals surface area contributed by atoms with Crippen LogP contribution in [0.1, 0.15) is 40.5 Å². The van der Waals surface area contributed by atoms with Crippen LogP contribution in [0.25, 0.3) is 5.69 Å². The maximum atomic E-state index is 14.4. The first-order chi connectivity index (χ1) is 15.2. The van der Waals surface area contributed by atoms with Crippen molar-refractivity contribution in [2.45, 2.75) is 31.5 Å². The summed E-state index contributed by atoms with van der Waals surface area (Å²) in [6.07, 6.45) is -2.66. The second kappa shape index (κ2) is 8.93. The predicted molar refractivity (Wildman–Crippen MR) is 112 cm³/mol. The van der Waals surface area contributed by atoms with Crippen LogP contribution in [0.4, 0.5) is 17.6 Å². The second-order valence-electron chi connectivity index (χ2n) is 7.38. The summed E-state index contributed by atoms with van der Waals surface area (Å²) >= 11 is 3.44. The van der Waals surface area contributed by atoms with Crippen LogP contribution < -0.4 is 10.1 Å². The zero-order chi connectivity index (χ0) is 22.9. The molecule has 1 aliphatic carbocycles. The Balaban J connectivity index is 1.55. The number of aromatic nitrogens is 2. The molecule has 0 spiro atoms. The number of hydrogen-bond acceptors (Lipinski definition) is 3. The van der Waals surface area contributed by atoms with E-state index in [1.54, 1.807) is 36.4 Å². The first-order valence-electron chi connectivity index (χ1n) is 9.83. The monoisotopic (exact) mass is 511 g/mol. The Kier molecular flexibility index (Phi) is 6.23. The molecule has 0 aliphatic heterocycles. The average Bonchev–Trinajstić information content (AvgIpc) is 3.53. The highest BCUT2D eigenvalue weighted by atomic mass is 79.9. The Labute approximate surface area is 189 Å². The molecule has 1 aromatic heterocycles. The number of nitrogens with one attached hydrogen (secondary N) is 1. The van der Waals surface area contributed by atoms with Crippen molar-refractivity contribution in [1.82, 2.24) is 15.1 Å². The van der Waals surface area contributed by atoms with Crippen LogP contribution in [0.15, 0.2) is 53.0 Å². The number of amides is 1. The molecule has 0 saturated heterocycles. The lowest BCUT2D eigenvalue weighted by Crippen LogP contribution is -2.25. The molecule has 1 N–H and O–H groups in total. The molecular weight excluding hydrogens is 494 g/mol. The van der Waals surface area contributed by atoms with Gasteiger partial charge in [0.05, 0.1) is 10.2 Å². The number of rotatable bonds is 7. The number of halogens is 5. The summed E-state index contributed by atoms with van der Waals surface area (Å²) < 4.78 is 58.6. The van der Waals surface area contributed by atoms with Gasteiger partial charge in [0.15, 0.2) is 12.3 Å². The van der Waals surface area contributed by atoms with Gasteiger partial charge in [-0.05, 0) is 47.0 Å². The zero-order valence-corrected chi connectivity index (χ0v) is 18.2. The van der Waals surface area contributed by atoms with Crippen molar-refractivity contribution < 1.29 is 27.1 Å². The number of benzene rings is 2. The summed E-state index contributed by atoms with van der Waals surface area (Å²) in [6.45, 7) is -1.49. The molecular formula is C22H18BrF4N3O2. The third-order valence-corrected chi connectivity index (χ3v) is 5.71. The van der Waals surface area contributed by atoms with Crippen LogP contribution in [-0.4, -0.2) is 28.5 Å². The molecule has 1 saturated carbocycles. The third kappa shape index (κ3) is 4.95.